The van der Waals surface area contributed by atoms with Gasteiger partial charge in [0.25, 0.3) is 0 Å². The van der Waals surface area contributed by atoms with Crippen molar-refractivity contribution < 1.29 is 0 Å². The number of nitrogens with zero attached hydrogens (tertiary/aromatic N) is 1. The predicted molar refractivity (Wildman–Crippen MR) is 51.2 cm³/mol. The van der Waals surface area contributed by atoms with Gasteiger partial charge in [0.1, 0.15) is 0 Å². The lowest BCUT2D eigenvalue weighted by Gasteiger charge is -2.28. The van der Waals surface area contributed by atoms with Gasteiger partial charge in [0.2, 0.25) is 0 Å². The Morgan fingerprint density at radius 3 is 2.83 bits per heavy atom. The molecule has 1 heterocycles. The first-order valence-electron chi connectivity index (χ1n) is 5.16. The molecular weight excluding hydrogens is 148 g/mol. The zero-order valence-corrected chi connectivity index (χ0v) is 8.27. The molecule has 1 aliphatic heterocycles. The van der Waals surface area contributed by atoms with Crippen molar-refractivity contribution in [1.29, 1.82) is 0 Å². The van der Waals surface area contributed by atoms with E-state index in [0.717, 1.165) is 5.92 Å². The van der Waals surface area contributed by atoms with Crippen LogP contribution in [0.5, 0.6) is 0 Å². The summed E-state index contributed by atoms with van der Waals surface area (Å²) < 4.78 is 0. The molecule has 1 unspecified atom stereocenters. The van der Waals surface area contributed by atoms with E-state index < -0.39 is 0 Å². The highest BCUT2D eigenvalue weighted by atomic mass is 15.2. The molecule has 0 amide bonds. The molecule has 1 atom stereocenters. The van der Waals surface area contributed by atoms with Crippen molar-refractivity contribution in [1.82, 2.24) is 10.2 Å². The van der Waals surface area contributed by atoms with E-state index in [2.05, 4.69) is 24.1 Å². The third-order valence-corrected chi connectivity index (χ3v) is 3.32. The minimum absolute atomic E-state index is 0.584. The molecule has 0 aromatic rings. The second-order valence-corrected chi connectivity index (χ2v) is 4.75. The molecule has 1 saturated carbocycles. The van der Waals surface area contributed by atoms with Crippen LogP contribution in [0.2, 0.25) is 0 Å². The number of rotatable bonds is 1. The number of nitrogens with one attached hydrogen (secondary N) is 1. The first-order chi connectivity index (χ1) is 5.71. The molecule has 2 rings (SSSR count). The summed E-state index contributed by atoms with van der Waals surface area (Å²) in [5.41, 5.74) is 0.584. The molecule has 12 heavy (non-hydrogen) atoms. The monoisotopic (exact) mass is 168 g/mol. The van der Waals surface area contributed by atoms with Crippen LogP contribution >= 0.6 is 0 Å². The van der Waals surface area contributed by atoms with Crippen LogP contribution in [0.25, 0.3) is 0 Å². The fraction of sp³-hybridized carbons (Fsp3) is 1.00. The lowest BCUT2D eigenvalue weighted by Crippen LogP contribution is -2.38. The molecule has 1 saturated heterocycles. The minimum atomic E-state index is 0.584. The summed E-state index contributed by atoms with van der Waals surface area (Å²) in [4.78, 5) is 2.68. The van der Waals surface area contributed by atoms with Crippen molar-refractivity contribution in [2.45, 2.75) is 32.2 Å². The van der Waals surface area contributed by atoms with Gasteiger partial charge < -0.3 is 5.32 Å². The average Bonchev–Trinajstić information content (AvgIpc) is 2.77. The standard InChI is InChI=1S/C10H20N2/c1-9-7-11-5-6-12(8-9)10(2)3-4-10/h9,11H,3-8H2,1-2H3. The molecular formula is C10H20N2. The number of hydrogen-bond donors (Lipinski definition) is 1. The van der Waals surface area contributed by atoms with E-state index in [-0.39, 0.29) is 0 Å². The van der Waals surface area contributed by atoms with Gasteiger partial charge >= 0.3 is 0 Å². The highest BCUT2D eigenvalue weighted by molar-refractivity contribution is 5.00. The van der Waals surface area contributed by atoms with Gasteiger partial charge in [-0.3, -0.25) is 4.90 Å². The fourth-order valence-corrected chi connectivity index (χ4v) is 2.08. The zero-order chi connectivity index (χ0) is 8.60. The van der Waals surface area contributed by atoms with E-state index in [1.165, 1.54) is 39.0 Å². The van der Waals surface area contributed by atoms with E-state index >= 15 is 0 Å². The third-order valence-electron chi connectivity index (χ3n) is 3.32. The van der Waals surface area contributed by atoms with Gasteiger partial charge in [-0.25, -0.2) is 0 Å². The van der Waals surface area contributed by atoms with Gasteiger partial charge in [-0.1, -0.05) is 6.92 Å². The van der Waals surface area contributed by atoms with Crippen LogP contribution in [0, 0.1) is 5.92 Å². The summed E-state index contributed by atoms with van der Waals surface area (Å²) >= 11 is 0. The van der Waals surface area contributed by atoms with Crippen molar-refractivity contribution in [3.63, 3.8) is 0 Å². The van der Waals surface area contributed by atoms with E-state index in [9.17, 15) is 0 Å². The van der Waals surface area contributed by atoms with Crippen LogP contribution in [0.3, 0.4) is 0 Å². The lowest BCUT2D eigenvalue weighted by molar-refractivity contribution is 0.185. The maximum absolute atomic E-state index is 3.49. The Morgan fingerprint density at radius 1 is 1.42 bits per heavy atom. The van der Waals surface area contributed by atoms with Crippen LogP contribution < -0.4 is 5.32 Å². The SMILES string of the molecule is CC1CNCCN(C2(C)CC2)C1. The Morgan fingerprint density at radius 2 is 2.17 bits per heavy atom. The van der Waals surface area contributed by atoms with Crippen molar-refractivity contribution in [3.05, 3.63) is 0 Å². The summed E-state index contributed by atoms with van der Waals surface area (Å²) in [6.07, 6.45) is 2.83. The second kappa shape index (κ2) is 3.00. The summed E-state index contributed by atoms with van der Waals surface area (Å²) in [5, 5.41) is 3.49. The van der Waals surface area contributed by atoms with E-state index in [0.29, 0.717) is 5.54 Å². The predicted octanol–water partition coefficient (Wildman–Crippen LogP) is 1.08. The molecule has 0 bridgehead atoms. The van der Waals surface area contributed by atoms with Crippen molar-refractivity contribution in [2.75, 3.05) is 26.2 Å². The highest BCUT2D eigenvalue weighted by Gasteiger charge is 2.43. The van der Waals surface area contributed by atoms with E-state index in [1.807, 2.05) is 0 Å². The Kier molecular flexibility index (Phi) is 2.13. The Labute approximate surface area is 75.3 Å². The maximum atomic E-state index is 3.49. The summed E-state index contributed by atoms with van der Waals surface area (Å²) in [7, 11) is 0. The van der Waals surface area contributed by atoms with Gasteiger partial charge in [0.05, 0.1) is 0 Å². The van der Waals surface area contributed by atoms with Crippen LogP contribution in [0.4, 0.5) is 0 Å². The van der Waals surface area contributed by atoms with Crippen LogP contribution in [-0.2, 0) is 0 Å². The van der Waals surface area contributed by atoms with Crippen molar-refractivity contribution >= 4 is 0 Å². The molecule has 0 radical (unpaired) electrons. The highest BCUT2D eigenvalue weighted by Crippen LogP contribution is 2.41. The molecule has 0 spiro atoms. The topological polar surface area (TPSA) is 15.3 Å². The Bertz CT molecular complexity index is 163. The molecule has 2 heteroatoms. The van der Waals surface area contributed by atoms with Crippen LogP contribution in [0.1, 0.15) is 26.7 Å². The van der Waals surface area contributed by atoms with Gasteiger partial charge in [-0.2, -0.15) is 0 Å². The molecule has 0 aromatic heterocycles. The van der Waals surface area contributed by atoms with Crippen LogP contribution in [-0.4, -0.2) is 36.6 Å². The average molecular weight is 168 g/mol. The second-order valence-electron chi connectivity index (χ2n) is 4.75. The Hall–Kier alpha value is -0.0800. The lowest BCUT2D eigenvalue weighted by atomic mass is 10.1. The largest absolute Gasteiger partial charge is 0.315 e. The molecule has 1 aliphatic carbocycles. The molecule has 2 nitrogen and oxygen atoms in total. The summed E-state index contributed by atoms with van der Waals surface area (Å²) in [6, 6.07) is 0. The fourth-order valence-electron chi connectivity index (χ4n) is 2.08. The first-order valence-corrected chi connectivity index (χ1v) is 5.16. The Balaban J connectivity index is 1.95. The summed E-state index contributed by atoms with van der Waals surface area (Å²) in [6.45, 7) is 9.68. The summed E-state index contributed by atoms with van der Waals surface area (Å²) in [5.74, 6) is 0.824. The van der Waals surface area contributed by atoms with Crippen LogP contribution in [0.15, 0.2) is 0 Å². The van der Waals surface area contributed by atoms with Gasteiger partial charge in [0, 0.05) is 25.2 Å². The maximum Gasteiger partial charge on any atom is 0.0183 e. The van der Waals surface area contributed by atoms with E-state index in [1.54, 1.807) is 0 Å². The normalized spacial score (nSPS) is 36.0. The molecule has 0 aromatic carbocycles. The zero-order valence-electron chi connectivity index (χ0n) is 8.27. The molecule has 1 N–H and O–H groups in total. The molecule has 2 aliphatic rings. The quantitative estimate of drug-likeness (QED) is 0.630. The van der Waals surface area contributed by atoms with Gasteiger partial charge in [-0.05, 0) is 32.2 Å². The minimum Gasteiger partial charge on any atom is -0.315 e. The smallest absolute Gasteiger partial charge is 0.0183 e. The van der Waals surface area contributed by atoms with E-state index in [4.69, 9.17) is 0 Å². The van der Waals surface area contributed by atoms with Gasteiger partial charge in [-0.15, -0.1) is 0 Å². The number of hydrogen-bond acceptors (Lipinski definition) is 2. The van der Waals surface area contributed by atoms with Crippen molar-refractivity contribution in [3.8, 4) is 0 Å². The van der Waals surface area contributed by atoms with Gasteiger partial charge in [0.15, 0.2) is 0 Å². The molecule has 2 fully saturated rings. The van der Waals surface area contributed by atoms with Crippen molar-refractivity contribution in [2.24, 2.45) is 5.92 Å². The third kappa shape index (κ3) is 1.64. The first kappa shape index (κ1) is 8.52. The molecule has 70 valence electrons.